The molecule has 10 heteroatoms. The molecule has 7 aromatic rings. The topological polar surface area (TPSA) is 141 Å². The molecule has 0 bridgehead atoms. The smallest absolute Gasteiger partial charge is 0.341 e. The van der Waals surface area contributed by atoms with Gasteiger partial charge < -0.3 is 9.72 Å². The summed E-state index contributed by atoms with van der Waals surface area (Å²) < 4.78 is 5.68. The van der Waals surface area contributed by atoms with Gasteiger partial charge in [-0.15, -0.1) is 0 Å². The average Bonchev–Trinajstić information content (AvgIpc) is 3.10. The molecule has 0 aliphatic carbocycles. The molecule has 0 saturated heterocycles. The van der Waals surface area contributed by atoms with Gasteiger partial charge in [-0.2, -0.15) is 0 Å². The Morgan fingerprint density at radius 1 is 0.617 bits per heavy atom. The number of nitro groups is 2. The number of hydrogen-bond acceptors (Lipinski definition) is 7. The molecule has 230 valence electrons. The summed E-state index contributed by atoms with van der Waals surface area (Å²) in [6, 6.07) is 39.6. The highest BCUT2D eigenvalue weighted by Gasteiger charge is 2.24. The SMILES string of the molecule is O=[N+]([O-])c1c(-c2ccc3ccccc3c2)ccnc1OCc1ccccc1.O=c1[nH]ccc(-c2ccc3ccccc3c2)c1[N+](=O)[O-]. The van der Waals surface area contributed by atoms with Crippen LogP contribution in [0.2, 0.25) is 0 Å². The summed E-state index contributed by atoms with van der Waals surface area (Å²) in [5.41, 5.74) is 1.90. The molecule has 0 spiro atoms. The number of rotatable bonds is 7. The maximum absolute atomic E-state index is 11.8. The highest BCUT2D eigenvalue weighted by Crippen LogP contribution is 2.37. The van der Waals surface area contributed by atoms with Crippen LogP contribution in [0.1, 0.15) is 5.56 Å². The Hall–Kier alpha value is -6.68. The van der Waals surface area contributed by atoms with Gasteiger partial charge in [-0.05, 0) is 62.5 Å². The lowest BCUT2D eigenvalue weighted by atomic mass is 10.0. The largest absolute Gasteiger partial charge is 0.468 e. The van der Waals surface area contributed by atoms with Gasteiger partial charge in [0, 0.05) is 12.4 Å². The van der Waals surface area contributed by atoms with Gasteiger partial charge in [0.25, 0.3) is 5.88 Å². The van der Waals surface area contributed by atoms with Crippen molar-refractivity contribution in [2.45, 2.75) is 6.61 Å². The minimum atomic E-state index is -0.694. The highest BCUT2D eigenvalue weighted by atomic mass is 16.6. The lowest BCUT2D eigenvalue weighted by Gasteiger charge is -2.10. The van der Waals surface area contributed by atoms with Crippen molar-refractivity contribution in [1.29, 1.82) is 0 Å². The van der Waals surface area contributed by atoms with Gasteiger partial charge in [0.15, 0.2) is 0 Å². The van der Waals surface area contributed by atoms with Gasteiger partial charge >= 0.3 is 16.9 Å². The third-order valence-corrected chi connectivity index (χ3v) is 7.53. The van der Waals surface area contributed by atoms with Crippen LogP contribution in [-0.2, 0) is 6.61 Å². The van der Waals surface area contributed by atoms with Crippen molar-refractivity contribution in [2.75, 3.05) is 0 Å². The molecule has 2 heterocycles. The molecule has 7 rings (SSSR count). The van der Waals surface area contributed by atoms with E-state index in [2.05, 4.69) is 9.97 Å². The van der Waals surface area contributed by atoms with E-state index in [4.69, 9.17) is 4.74 Å². The van der Waals surface area contributed by atoms with Crippen LogP contribution in [0.25, 0.3) is 43.8 Å². The summed E-state index contributed by atoms with van der Waals surface area (Å²) in [6.07, 6.45) is 2.96. The maximum Gasteiger partial charge on any atom is 0.341 e. The van der Waals surface area contributed by atoms with E-state index in [9.17, 15) is 25.0 Å². The third kappa shape index (κ3) is 6.71. The molecule has 47 heavy (non-hydrogen) atoms. The van der Waals surface area contributed by atoms with Gasteiger partial charge in [0.1, 0.15) is 6.61 Å². The Kier molecular flexibility index (Phi) is 8.74. The first-order chi connectivity index (χ1) is 22.9. The number of nitrogens with zero attached hydrogens (tertiary/aromatic N) is 3. The zero-order valence-corrected chi connectivity index (χ0v) is 24.8. The zero-order valence-electron chi connectivity index (χ0n) is 24.8. The number of benzene rings is 5. The number of ether oxygens (including phenoxy) is 1. The first-order valence-electron chi connectivity index (χ1n) is 14.5. The van der Waals surface area contributed by atoms with Crippen LogP contribution in [0.4, 0.5) is 11.4 Å². The fourth-order valence-corrected chi connectivity index (χ4v) is 5.27. The summed E-state index contributed by atoms with van der Waals surface area (Å²) >= 11 is 0. The molecule has 0 radical (unpaired) electrons. The number of aromatic amines is 1. The van der Waals surface area contributed by atoms with Gasteiger partial charge in [-0.3, -0.25) is 25.0 Å². The number of H-pyrrole nitrogens is 1. The second kappa shape index (κ2) is 13.5. The number of nitrogens with one attached hydrogen (secondary N) is 1. The second-order valence-electron chi connectivity index (χ2n) is 10.5. The van der Waals surface area contributed by atoms with Crippen LogP contribution in [-0.4, -0.2) is 19.8 Å². The van der Waals surface area contributed by atoms with E-state index in [1.165, 1.54) is 12.4 Å². The van der Waals surface area contributed by atoms with Crippen molar-refractivity contribution in [2.24, 2.45) is 0 Å². The predicted molar refractivity (Wildman–Crippen MR) is 181 cm³/mol. The van der Waals surface area contributed by atoms with Gasteiger partial charge in [0.05, 0.1) is 21.0 Å². The second-order valence-corrected chi connectivity index (χ2v) is 10.5. The minimum absolute atomic E-state index is 0.0227. The molecule has 0 aliphatic rings. The number of pyridine rings is 2. The quantitative estimate of drug-likeness (QED) is 0.139. The predicted octanol–water partition coefficient (Wildman–Crippen LogP) is 8.49. The molecular formula is C37H26N4O6. The monoisotopic (exact) mass is 622 g/mol. The van der Waals surface area contributed by atoms with E-state index in [0.717, 1.165) is 32.7 Å². The van der Waals surface area contributed by atoms with E-state index in [1.807, 2.05) is 109 Å². The highest BCUT2D eigenvalue weighted by molar-refractivity contribution is 5.90. The van der Waals surface area contributed by atoms with Crippen LogP contribution in [0.5, 0.6) is 5.88 Å². The van der Waals surface area contributed by atoms with Crippen LogP contribution in [0.15, 0.2) is 145 Å². The number of fused-ring (bicyclic) bond motifs is 2. The molecule has 10 nitrogen and oxygen atoms in total. The van der Waals surface area contributed by atoms with Crippen LogP contribution in [0, 0.1) is 20.2 Å². The summed E-state index contributed by atoms with van der Waals surface area (Å²) in [4.78, 5) is 39.8. The maximum atomic E-state index is 11.8. The van der Waals surface area contributed by atoms with Crippen molar-refractivity contribution in [1.82, 2.24) is 9.97 Å². The first kappa shape index (κ1) is 30.4. The van der Waals surface area contributed by atoms with Gasteiger partial charge in [-0.25, -0.2) is 4.98 Å². The normalized spacial score (nSPS) is 10.6. The summed E-state index contributed by atoms with van der Waals surface area (Å²) in [5.74, 6) is 0.0227. The molecule has 0 saturated carbocycles. The zero-order chi connectivity index (χ0) is 32.8. The van der Waals surface area contributed by atoms with Crippen molar-refractivity contribution in [3.05, 3.63) is 176 Å². The van der Waals surface area contributed by atoms with E-state index in [1.54, 1.807) is 18.2 Å². The number of hydrogen-bond donors (Lipinski definition) is 1. The Morgan fingerprint density at radius 2 is 1.15 bits per heavy atom. The molecule has 1 N–H and O–H groups in total. The minimum Gasteiger partial charge on any atom is -0.468 e. The molecule has 2 aromatic heterocycles. The summed E-state index contributed by atoms with van der Waals surface area (Å²) in [6.45, 7) is 0.218. The van der Waals surface area contributed by atoms with Crippen LogP contribution >= 0.6 is 0 Å². The summed E-state index contributed by atoms with van der Waals surface area (Å²) in [5, 5.41) is 27.0. The summed E-state index contributed by atoms with van der Waals surface area (Å²) in [7, 11) is 0. The number of aromatic nitrogens is 2. The van der Waals surface area contributed by atoms with Crippen LogP contribution < -0.4 is 10.3 Å². The fraction of sp³-hybridized carbons (Fsp3) is 0.0270. The van der Waals surface area contributed by atoms with Crippen molar-refractivity contribution in [3.63, 3.8) is 0 Å². The molecule has 0 aliphatic heterocycles. The molecule has 0 fully saturated rings. The van der Waals surface area contributed by atoms with E-state index >= 15 is 0 Å². The van der Waals surface area contributed by atoms with Crippen molar-refractivity contribution < 1.29 is 14.6 Å². The average molecular weight is 623 g/mol. The van der Waals surface area contributed by atoms with Crippen LogP contribution in [0.3, 0.4) is 0 Å². The fourth-order valence-electron chi connectivity index (χ4n) is 5.27. The molecule has 0 atom stereocenters. The van der Waals surface area contributed by atoms with Crippen molar-refractivity contribution >= 4 is 32.9 Å². The van der Waals surface area contributed by atoms with E-state index < -0.39 is 21.1 Å². The third-order valence-electron chi connectivity index (χ3n) is 7.53. The van der Waals surface area contributed by atoms with E-state index in [-0.39, 0.29) is 18.2 Å². The first-order valence-corrected chi connectivity index (χ1v) is 14.5. The lowest BCUT2D eigenvalue weighted by molar-refractivity contribution is -0.385. The van der Waals surface area contributed by atoms with E-state index in [0.29, 0.717) is 16.7 Å². The Balaban J connectivity index is 0.000000172. The Bertz CT molecular complexity index is 2300. The molecule has 5 aromatic carbocycles. The van der Waals surface area contributed by atoms with Gasteiger partial charge in [0.2, 0.25) is 0 Å². The lowest BCUT2D eigenvalue weighted by Crippen LogP contribution is -2.11. The molecule has 0 amide bonds. The van der Waals surface area contributed by atoms with Gasteiger partial charge in [-0.1, -0.05) is 103 Å². The standard InChI is InChI=1S/C22H16N2O3.C15H10N2O3/c25-24(26)21-20(19-11-10-17-8-4-5-9-18(17)14-19)12-13-23-22(21)27-15-16-6-2-1-3-7-16;18-15-14(17(19)20)13(7-8-16-15)12-6-5-10-3-1-2-4-11(10)9-12/h1-14H,15H2;1-9H,(H,16,18). The Morgan fingerprint density at radius 3 is 1.72 bits per heavy atom. The Labute approximate surface area is 267 Å². The van der Waals surface area contributed by atoms with Crippen molar-refractivity contribution in [3.8, 4) is 28.1 Å². The molecule has 0 unspecified atom stereocenters. The molecular weight excluding hydrogens is 596 g/mol.